The van der Waals surface area contributed by atoms with Crippen molar-refractivity contribution < 1.29 is 9.90 Å². The van der Waals surface area contributed by atoms with Gasteiger partial charge in [0, 0.05) is 22.8 Å². The molecule has 17 heavy (non-hydrogen) atoms. The van der Waals surface area contributed by atoms with Crippen molar-refractivity contribution in [3.63, 3.8) is 0 Å². The van der Waals surface area contributed by atoms with E-state index in [2.05, 4.69) is 0 Å². The van der Waals surface area contributed by atoms with E-state index < -0.39 is 0 Å². The largest absolute Gasteiger partial charge is 0.393 e. The monoisotopic (exact) mass is 253 g/mol. The number of amides is 1. The second kappa shape index (κ2) is 4.78. The third-order valence-corrected chi connectivity index (χ3v) is 4.38. The predicted octanol–water partition coefficient (Wildman–Crippen LogP) is 2.21. The van der Waals surface area contributed by atoms with E-state index in [9.17, 15) is 9.90 Å². The van der Waals surface area contributed by atoms with Crippen molar-refractivity contribution in [1.29, 1.82) is 0 Å². The first-order valence-electron chi connectivity index (χ1n) is 6.03. The Morgan fingerprint density at radius 3 is 2.76 bits per heavy atom. The molecule has 0 saturated carbocycles. The van der Waals surface area contributed by atoms with Gasteiger partial charge in [-0.3, -0.25) is 4.79 Å². The van der Waals surface area contributed by atoms with Crippen molar-refractivity contribution >= 4 is 17.2 Å². The molecule has 1 fully saturated rings. The fourth-order valence-electron chi connectivity index (χ4n) is 2.33. The van der Waals surface area contributed by atoms with Gasteiger partial charge in [-0.2, -0.15) is 0 Å². The summed E-state index contributed by atoms with van der Waals surface area (Å²) >= 11 is 1.67. The third-order valence-electron chi connectivity index (χ3n) is 3.42. The highest BCUT2D eigenvalue weighted by Gasteiger charge is 2.28. The number of aliphatic hydroxyl groups is 1. The molecule has 0 aromatic carbocycles. The van der Waals surface area contributed by atoms with Gasteiger partial charge < -0.3 is 10.0 Å². The molecule has 1 saturated heterocycles. The van der Waals surface area contributed by atoms with Crippen molar-refractivity contribution in [2.45, 2.75) is 33.3 Å². The highest BCUT2D eigenvalue weighted by molar-refractivity contribution is 7.12. The molecule has 1 aliphatic rings. The summed E-state index contributed by atoms with van der Waals surface area (Å²) < 4.78 is 0. The molecule has 1 N–H and O–H groups in total. The van der Waals surface area contributed by atoms with Crippen LogP contribution in [0.15, 0.2) is 6.07 Å². The molecule has 0 bridgehead atoms. The predicted molar refractivity (Wildman–Crippen MR) is 69.5 cm³/mol. The summed E-state index contributed by atoms with van der Waals surface area (Å²) in [7, 11) is 0. The highest BCUT2D eigenvalue weighted by Crippen LogP contribution is 2.24. The molecule has 1 aromatic heterocycles. The lowest BCUT2D eigenvalue weighted by atomic mass is 9.96. The van der Waals surface area contributed by atoms with E-state index in [0.717, 1.165) is 10.4 Å². The maximum absolute atomic E-state index is 12.3. The van der Waals surface area contributed by atoms with Crippen molar-refractivity contribution in [3.8, 4) is 0 Å². The molecule has 94 valence electrons. The van der Waals surface area contributed by atoms with Crippen molar-refractivity contribution in [2.24, 2.45) is 5.92 Å². The second-order valence-electron chi connectivity index (χ2n) is 4.91. The van der Waals surface area contributed by atoms with Crippen LogP contribution in [-0.2, 0) is 0 Å². The Kier molecular flexibility index (Phi) is 3.54. The number of piperidine rings is 1. The fraction of sp³-hybridized carbons (Fsp3) is 0.615. The lowest BCUT2D eigenvalue weighted by Crippen LogP contribution is -2.45. The minimum absolute atomic E-state index is 0.116. The number of rotatable bonds is 1. The minimum Gasteiger partial charge on any atom is -0.393 e. The average molecular weight is 253 g/mol. The summed E-state index contributed by atoms with van der Waals surface area (Å²) in [5.74, 6) is 0.290. The number of aryl methyl sites for hydroxylation is 2. The first kappa shape index (κ1) is 12.6. The normalized spacial score (nSPS) is 25.1. The molecule has 4 heteroatoms. The van der Waals surface area contributed by atoms with E-state index in [1.807, 2.05) is 31.7 Å². The zero-order chi connectivity index (χ0) is 12.6. The molecule has 1 aliphatic heterocycles. The number of aliphatic hydroxyl groups excluding tert-OH is 1. The lowest BCUT2D eigenvalue weighted by molar-refractivity contribution is 0.0297. The summed E-state index contributed by atoms with van der Waals surface area (Å²) in [6, 6.07) is 1.97. The third kappa shape index (κ3) is 2.53. The van der Waals surface area contributed by atoms with Crippen LogP contribution in [0.3, 0.4) is 0 Å². The van der Waals surface area contributed by atoms with Crippen LogP contribution in [0.2, 0.25) is 0 Å². The molecule has 2 atom stereocenters. The van der Waals surface area contributed by atoms with Crippen LogP contribution in [0.4, 0.5) is 0 Å². The van der Waals surface area contributed by atoms with Gasteiger partial charge in [-0.25, -0.2) is 0 Å². The van der Waals surface area contributed by atoms with Crippen molar-refractivity contribution in [3.05, 3.63) is 21.4 Å². The van der Waals surface area contributed by atoms with Gasteiger partial charge in [-0.15, -0.1) is 11.3 Å². The average Bonchev–Trinajstić information content (AvgIpc) is 2.61. The number of thiophene rings is 1. The quantitative estimate of drug-likeness (QED) is 0.833. The van der Waals surface area contributed by atoms with Gasteiger partial charge in [0.2, 0.25) is 0 Å². The van der Waals surface area contributed by atoms with Crippen LogP contribution in [0.5, 0.6) is 0 Å². The van der Waals surface area contributed by atoms with Gasteiger partial charge in [0.05, 0.1) is 11.7 Å². The number of carbonyl (C=O) groups excluding carboxylic acids is 1. The number of hydrogen-bond acceptors (Lipinski definition) is 3. The van der Waals surface area contributed by atoms with Gasteiger partial charge in [-0.1, -0.05) is 6.92 Å². The summed E-state index contributed by atoms with van der Waals surface area (Å²) in [6.45, 7) is 7.34. The van der Waals surface area contributed by atoms with Crippen LogP contribution in [0.25, 0.3) is 0 Å². The molecule has 2 unspecified atom stereocenters. The molecule has 1 aromatic rings. The molecule has 2 heterocycles. The molecule has 0 aliphatic carbocycles. The summed E-state index contributed by atoms with van der Waals surface area (Å²) in [5.41, 5.74) is 0.830. The van der Waals surface area contributed by atoms with Gasteiger partial charge in [0.1, 0.15) is 0 Å². The van der Waals surface area contributed by atoms with Gasteiger partial charge in [0.15, 0.2) is 0 Å². The van der Waals surface area contributed by atoms with E-state index in [-0.39, 0.29) is 17.9 Å². The van der Waals surface area contributed by atoms with Crippen molar-refractivity contribution in [2.75, 3.05) is 13.1 Å². The van der Waals surface area contributed by atoms with Gasteiger partial charge in [-0.05, 0) is 32.3 Å². The molecular formula is C13H19NO2S. The smallest absolute Gasteiger partial charge is 0.254 e. The Morgan fingerprint density at radius 2 is 2.24 bits per heavy atom. The van der Waals surface area contributed by atoms with Crippen LogP contribution >= 0.6 is 11.3 Å². The SMILES string of the molecule is Cc1cc(C(=O)N2CCC(O)C(C)C2)c(C)s1. The Morgan fingerprint density at radius 1 is 1.53 bits per heavy atom. The summed E-state index contributed by atoms with van der Waals surface area (Å²) in [5, 5.41) is 9.67. The number of likely N-dealkylation sites (tertiary alicyclic amines) is 1. The fourth-order valence-corrected chi connectivity index (χ4v) is 3.25. The van der Waals surface area contributed by atoms with Gasteiger partial charge >= 0.3 is 0 Å². The molecule has 1 amide bonds. The van der Waals surface area contributed by atoms with Crippen LogP contribution in [0.1, 0.15) is 33.5 Å². The number of nitrogens with zero attached hydrogens (tertiary/aromatic N) is 1. The lowest BCUT2D eigenvalue weighted by Gasteiger charge is -2.34. The van der Waals surface area contributed by atoms with E-state index in [0.29, 0.717) is 19.5 Å². The van der Waals surface area contributed by atoms with E-state index in [4.69, 9.17) is 0 Å². The first-order chi connectivity index (χ1) is 7.99. The first-order valence-corrected chi connectivity index (χ1v) is 6.85. The number of carbonyl (C=O) groups is 1. The van der Waals surface area contributed by atoms with Crippen molar-refractivity contribution in [1.82, 2.24) is 4.90 Å². The zero-order valence-electron chi connectivity index (χ0n) is 10.6. The van der Waals surface area contributed by atoms with E-state index >= 15 is 0 Å². The zero-order valence-corrected chi connectivity index (χ0v) is 11.4. The molecule has 0 spiro atoms. The standard InChI is InChI=1S/C13H19NO2S/c1-8-7-14(5-4-12(8)15)13(16)11-6-9(2)17-10(11)3/h6,8,12,15H,4-5,7H2,1-3H3. The Bertz CT molecular complexity index is 427. The maximum Gasteiger partial charge on any atom is 0.254 e. The Hall–Kier alpha value is -0.870. The highest BCUT2D eigenvalue weighted by atomic mass is 32.1. The van der Waals surface area contributed by atoms with E-state index in [1.54, 1.807) is 11.3 Å². The topological polar surface area (TPSA) is 40.5 Å². The van der Waals surface area contributed by atoms with Crippen LogP contribution < -0.4 is 0 Å². The molecular weight excluding hydrogens is 234 g/mol. The molecule has 0 radical (unpaired) electrons. The number of hydrogen-bond donors (Lipinski definition) is 1. The summed E-state index contributed by atoms with van der Waals surface area (Å²) in [6.07, 6.45) is 0.430. The summed E-state index contributed by atoms with van der Waals surface area (Å²) in [4.78, 5) is 16.5. The van der Waals surface area contributed by atoms with Crippen LogP contribution in [-0.4, -0.2) is 35.1 Å². The van der Waals surface area contributed by atoms with E-state index in [1.165, 1.54) is 4.88 Å². The molecule has 3 nitrogen and oxygen atoms in total. The van der Waals surface area contributed by atoms with Crippen LogP contribution in [0, 0.1) is 19.8 Å². The Labute approximate surface area is 106 Å². The Balaban J connectivity index is 2.13. The van der Waals surface area contributed by atoms with Gasteiger partial charge in [0.25, 0.3) is 5.91 Å². The minimum atomic E-state index is -0.260. The maximum atomic E-state index is 12.3. The molecule has 2 rings (SSSR count). The second-order valence-corrected chi connectivity index (χ2v) is 6.37.